The number of amides is 1. The van der Waals surface area contributed by atoms with Crippen LogP contribution in [0, 0.1) is 0 Å². The largest absolute Gasteiger partial charge is 0.481 e. The molecular weight excluding hydrogens is 270 g/mol. The van der Waals surface area contributed by atoms with Gasteiger partial charge in [0.25, 0.3) is 5.91 Å². The number of thioether (sulfide) groups is 1. The molecular formula is C12H13NO5S. The van der Waals surface area contributed by atoms with Gasteiger partial charge in [0.1, 0.15) is 6.04 Å². The van der Waals surface area contributed by atoms with Gasteiger partial charge in [-0.05, 0) is 30.5 Å². The van der Waals surface area contributed by atoms with Crippen molar-refractivity contribution in [2.24, 2.45) is 0 Å². The van der Waals surface area contributed by atoms with Gasteiger partial charge in [0.2, 0.25) is 0 Å². The van der Waals surface area contributed by atoms with E-state index in [0.29, 0.717) is 0 Å². The molecule has 0 saturated carbocycles. The van der Waals surface area contributed by atoms with Gasteiger partial charge in [0, 0.05) is 10.5 Å². The maximum atomic E-state index is 11.8. The first-order valence-electron chi connectivity index (χ1n) is 5.33. The summed E-state index contributed by atoms with van der Waals surface area (Å²) in [7, 11) is 0. The number of aliphatic carboxylic acids is 2. The van der Waals surface area contributed by atoms with Crippen molar-refractivity contribution in [3.8, 4) is 0 Å². The average Bonchev–Trinajstić information content (AvgIpc) is 2.37. The molecule has 0 heterocycles. The maximum absolute atomic E-state index is 11.8. The highest BCUT2D eigenvalue weighted by Crippen LogP contribution is 2.14. The molecule has 0 radical (unpaired) electrons. The summed E-state index contributed by atoms with van der Waals surface area (Å²) in [4.78, 5) is 34.1. The number of benzene rings is 1. The second-order valence-corrected chi connectivity index (χ2v) is 4.57. The van der Waals surface area contributed by atoms with Crippen molar-refractivity contribution in [2.45, 2.75) is 17.4 Å². The second kappa shape index (κ2) is 6.79. The van der Waals surface area contributed by atoms with Gasteiger partial charge in [-0.1, -0.05) is 0 Å². The zero-order valence-electron chi connectivity index (χ0n) is 10.1. The summed E-state index contributed by atoms with van der Waals surface area (Å²) in [6.45, 7) is 0. The van der Waals surface area contributed by atoms with Gasteiger partial charge in [-0.25, -0.2) is 4.79 Å². The lowest BCUT2D eigenvalue weighted by Crippen LogP contribution is -2.42. The fourth-order valence-electron chi connectivity index (χ4n) is 1.36. The summed E-state index contributed by atoms with van der Waals surface area (Å²) in [5.41, 5.74) is 0.287. The highest BCUT2D eigenvalue weighted by atomic mass is 32.2. The molecule has 1 aromatic rings. The van der Waals surface area contributed by atoms with Gasteiger partial charge < -0.3 is 15.5 Å². The van der Waals surface area contributed by atoms with Gasteiger partial charge >= 0.3 is 11.9 Å². The van der Waals surface area contributed by atoms with Crippen molar-refractivity contribution in [2.75, 3.05) is 6.26 Å². The molecule has 102 valence electrons. The molecule has 7 heteroatoms. The minimum absolute atomic E-state index is 0.287. The van der Waals surface area contributed by atoms with Gasteiger partial charge in [-0.15, -0.1) is 11.8 Å². The van der Waals surface area contributed by atoms with Crippen LogP contribution in [0.1, 0.15) is 16.8 Å². The van der Waals surface area contributed by atoms with Crippen LogP contribution >= 0.6 is 11.8 Å². The van der Waals surface area contributed by atoms with Crippen LogP contribution in [-0.4, -0.2) is 40.4 Å². The minimum atomic E-state index is -1.44. The molecule has 0 saturated heterocycles. The van der Waals surface area contributed by atoms with Gasteiger partial charge in [0.15, 0.2) is 0 Å². The molecule has 0 aromatic heterocycles. The number of carbonyl (C=O) groups excluding carboxylic acids is 1. The Labute approximate surface area is 113 Å². The van der Waals surface area contributed by atoms with Crippen molar-refractivity contribution >= 4 is 29.6 Å². The lowest BCUT2D eigenvalue weighted by Gasteiger charge is -2.12. The van der Waals surface area contributed by atoms with Crippen LogP contribution in [0.5, 0.6) is 0 Å². The van der Waals surface area contributed by atoms with E-state index < -0.39 is 30.3 Å². The highest BCUT2D eigenvalue weighted by Gasteiger charge is 2.23. The maximum Gasteiger partial charge on any atom is 0.326 e. The molecule has 0 unspecified atom stereocenters. The Bertz CT molecular complexity index is 485. The van der Waals surface area contributed by atoms with E-state index in [9.17, 15) is 14.4 Å². The first-order chi connectivity index (χ1) is 8.93. The van der Waals surface area contributed by atoms with Crippen LogP contribution in [0.2, 0.25) is 0 Å². The highest BCUT2D eigenvalue weighted by molar-refractivity contribution is 7.98. The molecule has 0 fully saturated rings. The zero-order chi connectivity index (χ0) is 14.4. The number of carbonyl (C=O) groups is 3. The Hall–Kier alpha value is -2.02. The van der Waals surface area contributed by atoms with E-state index in [2.05, 4.69) is 5.32 Å². The van der Waals surface area contributed by atoms with Crippen LogP contribution in [0.15, 0.2) is 29.2 Å². The Morgan fingerprint density at radius 2 is 1.79 bits per heavy atom. The van der Waals surface area contributed by atoms with Gasteiger partial charge in [0.05, 0.1) is 6.42 Å². The average molecular weight is 283 g/mol. The van der Waals surface area contributed by atoms with E-state index in [1.54, 1.807) is 24.3 Å². The van der Waals surface area contributed by atoms with Gasteiger partial charge in [-0.3, -0.25) is 9.59 Å². The molecule has 19 heavy (non-hydrogen) atoms. The molecule has 1 amide bonds. The lowest BCUT2D eigenvalue weighted by atomic mass is 10.1. The Kier molecular flexibility index (Phi) is 5.37. The molecule has 0 aliphatic heterocycles. The fraction of sp³-hybridized carbons (Fsp3) is 0.250. The predicted molar refractivity (Wildman–Crippen MR) is 69.4 cm³/mol. The number of rotatable bonds is 6. The van der Waals surface area contributed by atoms with E-state index in [1.807, 2.05) is 6.26 Å². The van der Waals surface area contributed by atoms with Gasteiger partial charge in [-0.2, -0.15) is 0 Å². The summed E-state index contributed by atoms with van der Waals surface area (Å²) in [6.07, 6.45) is 1.23. The molecule has 0 aliphatic rings. The quantitative estimate of drug-likeness (QED) is 0.675. The molecule has 0 bridgehead atoms. The standard InChI is InChI=1S/C12H13NO5S/c1-19-8-4-2-7(3-5-8)11(16)13-9(12(17)18)6-10(14)15/h2-5,9H,6H2,1H3,(H,13,16)(H,14,15)(H,17,18)/t9-/m0/s1. The van der Waals surface area contributed by atoms with Crippen molar-refractivity contribution in [1.82, 2.24) is 5.32 Å². The van der Waals surface area contributed by atoms with Crippen molar-refractivity contribution < 1.29 is 24.6 Å². The lowest BCUT2D eigenvalue weighted by molar-refractivity contribution is -0.145. The van der Waals surface area contributed by atoms with Crippen molar-refractivity contribution in [3.05, 3.63) is 29.8 Å². The number of hydrogen-bond acceptors (Lipinski definition) is 4. The Morgan fingerprint density at radius 3 is 2.21 bits per heavy atom. The summed E-state index contributed by atoms with van der Waals surface area (Å²) in [6, 6.07) is 5.13. The van der Waals surface area contributed by atoms with Crippen LogP contribution < -0.4 is 5.32 Å². The van der Waals surface area contributed by atoms with Crippen LogP contribution in [0.3, 0.4) is 0 Å². The topological polar surface area (TPSA) is 104 Å². The summed E-state index contributed by atoms with van der Waals surface area (Å²) in [5, 5.41) is 19.6. The van der Waals surface area contributed by atoms with Crippen LogP contribution in [-0.2, 0) is 9.59 Å². The predicted octanol–water partition coefficient (Wildman–Crippen LogP) is 1.07. The zero-order valence-corrected chi connectivity index (χ0v) is 10.9. The summed E-state index contributed by atoms with van der Waals surface area (Å²) < 4.78 is 0. The van der Waals surface area contributed by atoms with Crippen molar-refractivity contribution in [1.29, 1.82) is 0 Å². The normalized spacial score (nSPS) is 11.6. The smallest absolute Gasteiger partial charge is 0.326 e. The van der Waals surface area contributed by atoms with E-state index in [0.717, 1.165) is 4.90 Å². The first kappa shape index (κ1) is 15.0. The van der Waals surface area contributed by atoms with E-state index in [4.69, 9.17) is 10.2 Å². The third kappa shape index (κ3) is 4.63. The van der Waals surface area contributed by atoms with E-state index >= 15 is 0 Å². The minimum Gasteiger partial charge on any atom is -0.481 e. The monoisotopic (exact) mass is 283 g/mol. The van der Waals surface area contributed by atoms with E-state index in [1.165, 1.54) is 11.8 Å². The summed E-state index contributed by atoms with van der Waals surface area (Å²) in [5.74, 6) is -3.27. The van der Waals surface area contributed by atoms with E-state index in [-0.39, 0.29) is 5.56 Å². The number of nitrogens with one attached hydrogen (secondary N) is 1. The Morgan fingerprint density at radius 1 is 1.21 bits per heavy atom. The van der Waals surface area contributed by atoms with Crippen molar-refractivity contribution in [3.63, 3.8) is 0 Å². The summed E-state index contributed by atoms with van der Waals surface area (Å²) >= 11 is 1.51. The third-order valence-corrected chi connectivity index (χ3v) is 3.08. The number of carboxylic acids is 2. The number of hydrogen-bond donors (Lipinski definition) is 3. The van der Waals surface area contributed by atoms with Crippen LogP contribution in [0.25, 0.3) is 0 Å². The first-order valence-corrected chi connectivity index (χ1v) is 6.56. The molecule has 1 aromatic carbocycles. The Balaban J connectivity index is 2.75. The molecule has 0 spiro atoms. The fourth-order valence-corrected chi connectivity index (χ4v) is 1.77. The number of carboxylic acid groups (broad SMARTS) is 2. The molecule has 3 N–H and O–H groups in total. The second-order valence-electron chi connectivity index (χ2n) is 3.69. The molecule has 6 nitrogen and oxygen atoms in total. The van der Waals surface area contributed by atoms with Crippen LogP contribution in [0.4, 0.5) is 0 Å². The third-order valence-electron chi connectivity index (χ3n) is 2.33. The molecule has 1 rings (SSSR count). The molecule has 1 atom stereocenters. The molecule has 0 aliphatic carbocycles. The SMILES string of the molecule is CSc1ccc(C(=O)N[C@@H](CC(=O)O)C(=O)O)cc1.